The quantitative estimate of drug-likeness (QED) is 0.765. The molecule has 6 nitrogen and oxygen atoms in total. The summed E-state index contributed by atoms with van der Waals surface area (Å²) in [6.07, 6.45) is 2.52. The molecule has 6 heteroatoms. The van der Waals surface area contributed by atoms with Crippen LogP contribution in [0.4, 0.5) is 11.4 Å². The van der Waals surface area contributed by atoms with E-state index >= 15 is 0 Å². The summed E-state index contributed by atoms with van der Waals surface area (Å²) < 4.78 is 0. The molecule has 2 amide bonds. The van der Waals surface area contributed by atoms with Crippen molar-refractivity contribution in [1.82, 2.24) is 0 Å². The largest absolute Gasteiger partial charge is 0.550 e. The van der Waals surface area contributed by atoms with Gasteiger partial charge in [-0.1, -0.05) is 51.0 Å². The van der Waals surface area contributed by atoms with Crippen LogP contribution in [-0.2, 0) is 9.59 Å². The lowest BCUT2D eigenvalue weighted by molar-refractivity contribution is -0.313. The average Bonchev–Trinajstić information content (AvgIpc) is 2.74. The first kappa shape index (κ1) is 21.6. The number of anilines is 2. The molecule has 0 saturated heterocycles. The Morgan fingerprint density at radius 3 is 2.17 bits per heavy atom. The summed E-state index contributed by atoms with van der Waals surface area (Å²) in [7, 11) is 0. The van der Waals surface area contributed by atoms with Crippen molar-refractivity contribution in [3.8, 4) is 0 Å². The fourth-order valence-electron chi connectivity index (χ4n) is 3.89. The number of benzene rings is 2. The monoisotopic (exact) mass is 407 g/mol. The number of hydrogen-bond donors (Lipinski definition) is 2. The molecule has 3 rings (SSSR count). The van der Waals surface area contributed by atoms with Crippen molar-refractivity contribution < 1.29 is 19.5 Å². The van der Waals surface area contributed by atoms with Crippen LogP contribution in [0.25, 0.3) is 0 Å². The van der Waals surface area contributed by atoms with Crippen LogP contribution in [0.2, 0.25) is 0 Å². The van der Waals surface area contributed by atoms with Crippen molar-refractivity contribution in [3.63, 3.8) is 0 Å². The molecule has 0 unspecified atom stereocenters. The molecule has 0 bridgehead atoms. The Morgan fingerprint density at radius 1 is 0.900 bits per heavy atom. The summed E-state index contributed by atoms with van der Waals surface area (Å²) in [5, 5.41) is 17.0. The molecule has 1 aliphatic rings. The van der Waals surface area contributed by atoms with Crippen molar-refractivity contribution >= 4 is 29.2 Å². The third-order valence-corrected chi connectivity index (χ3v) is 5.67. The molecule has 2 aromatic rings. The zero-order valence-electron chi connectivity index (χ0n) is 17.3. The highest BCUT2D eigenvalue weighted by Gasteiger charge is 2.32. The second-order valence-electron chi connectivity index (χ2n) is 8.08. The van der Waals surface area contributed by atoms with E-state index in [4.69, 9.17) is 0 Å². The molecule has 0 spiro atoms. The zero-order valence-corrected chi connectivity index (χ0v) is 17.3. The molecule has 30 heavy (non-hydrogen) atoms. The van der Waals surface area contributed by atoms with Crippen molar-refractivity contribution in [2.75, 3.05) is 10.6 Å². The fourth-order valence-corrected chi connectivity index (χ4v) is 3.89. The van der Waals surface area contributed by atoms with Gasteiger partial charge in [-0.25, -0.2) is 0 Å². The highest BCUT2D eigenvalue weighted by atomic mass is 16.4. The molecular weight excluding hydrogens is 380 g/mol. The molecule has 2 N–H and O–H groups in total. The van der Waals surface area contributed by atoms with Crippen molar-refractivity contribution in [2.24, 2.45) is 11.8 Å². The van der Waals surface area contributed by atoms with Gasteiger partial charge in [0.05, 0.1) is 11.3 Å². The Hall–Kier alpha value is -3.15. The first-order valence-corrected chi connectivity index (χ1v) is 10.4. The van der Waals surface area contributed by atoms with E-state index in [2.05, 4.69) is 24.5 Å². The van der Waals surface area contributed by atoms with Crippen LogP contribution in [0.3, 0.4) is 0 Å². The predicted molar refractivity (Wildman–Crippen MR) is 114 cm³/mol. The number of amides is 2. The van der Waals surface area contributed by atoms with Crippen molar-refractivity contribution in [2.45, 2.75) is 45.4 Å². The molecule has 0 aliphatic heterocycles. The van der Waals surface area contributed by atoms with Gasteiger partial charge in [-0.2, -0.15) is 0 Å². The van der Waals surface area contributed by atoms with Crippen molar-refractivity contribution in [3.05, 3.63) is 59.7 Å². The van der Waals surface area contributed by atoms with Crippen LogP contribution in [0.5, 0.6) is 0 Å². The molecular formula is C24H27N2O4-. The number of carbonyl (C=O) groups excluding carboxylic acids is 3. The van der Waals surface area contributed by atoms with Gasteiger partial charge in [0.1, 0.15) is 0 Å². The van der Waals surface area contributed by atoms with E-state index < -0.39 is 17.8 Å². The lowest BCUT2D eigenvalue weighted by atomic mass is 9.78. The van der Waals surface area contributed by atoms with Crippen LogP contribution in [0, 0.1) is 11.8 Å². The molecule has 2 atom stereocenters. The number of para-hydroxylation sites is 1. The third kappa shape index (κ3) is 5.06. The molecule has 1 aliphatic carbocycles. The second-order valence-corrected chi connectivity index (χ2v) is 8.08. The number of hydrogen-bond acceptors (Lipinski definition) is 4. The van der Waals surface area contributed by atoms with E-state index in [-0.39, 0.29) is 11.8 Å². The minimum absolute atomic E-state index is 0.319. The van der Waals surface area contributed by atoms with Gasteiger partial charge < -0.3 is 20.5 Å². The Balaban J connectivity index is 1.74. The standard InChI is InChI=1S/C24H28N2O4/c1-15(2)16-11-13-17(14-12-16)25-23(28)20-9-5-6-10-21(20)26-22(27)18-7-3-4-8-19(18)24(29)30/h5-6,9-15,18-19H,3-4,7-8H2,1-2H3,(H,25,28)(H,26,27)(H,29,30)/p-1/t18-,19+/m1/s1. The van der Waals surface area contributed by atoms with Crippen LogP contribution in [0.1, 0.15) is 61.4 Å². The Bertz CT molecular complexity index is 921. The Kier molecular flexibility index (Phi) is 6.87. The second kappa shape index (κ2) is 9.57. The van der Waals surface area contributed by atoms with Gasteiger partial charge in [0.2, 0.25) is 5.91 Å². The number of carbonyl (C=O) groups is 3. The van der Waals surface area contributed by atoms with E-state index in [0.717, 1.165) is 12.8 Å². The summed E-state index contributed by atoms with van der Waals surface area (Å²) in [5.41, 5.74) is 2.52. The minimum atomic E-state index is -1.19. The lowest BCUT2D eigenvalue weighted by Gasteiger charge is -2.31. The molecule has 1 saturated carbocycles. The topological polar surface area (TPSA) is 98.3 Å². The van der Waals surface area contributed by atoms with Gasteiger partial charge in [-0.15, -0.1) is 0 Å². The van der Waals surface area contributed by atoms with Gasteiger partial charge >= 0.3 is 0 Å². The smallest absolute Gasteiger partial charge is 0.257 e. The number of carboxylic acid groups (broad SMARTS) is 1. The molecule has 0 aromatic heterocycles. The van der Waals surface area contributed by atoms with Gasteiger partial charge in [-0.05, 0) is 48.6 Å². The molecule has 158 valence electrons. The van der Waals surface area contributed by atoms with Gasteiger partial charge in [0.15, 0.2) is 0 Å². The molecule has 1 fully saturated rings. The number of carboxylic acids is 1. The SMILES string of the molecule is CC(C)c1ccc(NC(=O)c2ccccc2NC(=O)[C@@H]2CCCC[C@@H]2C(=O)[O-])cc1. The van der Waals surface area contributed by atoms with E-state index in [1.807, 2.05) is 24.3 Å². The van der Waals surface area contributed by atoms with E-state index in [1.54, 1.807) is 24.3 Å². The average molecular weight is 407 g/mol. The predicted octanol–water partition coefficient (Wildman–Crippen LogP) is 3.56. The van der Waals surface area contributed by atoms with Crippen LogP contribution >= 0.6 is 0 Å². The highest BCUT2D eigenvalue weighted by molar-refractivity contribution is 6.10. The van der Waals surface area contributed by atoms with Gasteiger partial charge in [-0.3, -0.25) is 9.59 Å². The van der Waals surface area contributed by atoms with Crippen LogP contribution in [-0.4, -0.2) is 17.8 Å². The summed E-state index contributed by atoms with van der Waals surface area (Å²) in [6, 6.07) is 14.4. The fraction of sp³-hybridized carbons (Fsp3) is 0.375. The molecule has 0 radical (unpaired) electrons. The third-order valence-electron chi connectivity index (χ3n) is 5.67. The first-order valence-electron chi connectivity index (χ1n) is 10.4. The minimum Gasteiger partial charge on any atom is -0.550 e. The normalized spacial score (nSPS) is 18.6. The Morgan fingerprint density at radius 2 is 1.53 bits per heavy atom. The molecule has 2 aromatic carbocycles. The van der Waals surface area contributed by atoms with E-state index in [1.165, 1.54) is 5.56 Å². The maximum Gasteiger partial charge on any atom is 0.257 e. The number of aliphatic carboxylic acids is 1. The van der Waals surface area contributed by atoms with Crippen LogP contribution < -0.4 is 15.7 Å². The maximum absolute atomic E-state index is 12.8. The zero-order chi connectivity index (χ0) is 21.7. The summed E-state index contributed by atoms with van der Waals surface area (Å²) in [4.78, 5) is 37.0. The summed E-state index contributed by atoms with van der Waals surface area (Å²) in [6.45, 7) is 4.20. The van der Waals surface area contributed by atoms with E-state index in [0.29, 0.717) is 35.7 Å². The highest BCUT2D eigenvalue weighted by Crippen LogP contribution is 2.31. The Labute approximate surface area is 176 Å². The number of rotatable bonds is 6. The lowest BCUT2D eigenvalue weighted by Crippen LogP contribution is -2.42. The number of nitrogens with one attached hydrogen (secondary N) is 2. The van der Waals surface area contributed by atoms with Gasteiger partial charge in [0, 0.05) is 23.5 Å². The first-order chi connectivity index (χ1) is 14.4. The summed E-state index contributed by atoms with van der Waals surface area (Å²) >= 11 is 0. The summed E-state index contributed by atoms with van der Waals surface area (Å²) in [5.74, 6) is -2.96. The van der Waals surface area contributed by atoms with Gasteiger partial charge in [0.25, 0.3) is 5.91 Å². The van der Waals surface area contributed by atoms with Crippen LogP contribution in [0.15, 0.2) is 48.5 Å². The van der Waals surface area contributed by atoms with Crippen molar-refractivity contribution in [1.29, 1.82) is 0 Å². The maximum atomic E-state index is 12.8. The van der Waals surface area contributed by atoms with E-state index in [9.17, 15) is 19.5 Å². The molecule has 0 heterocycles.